The highest BCUT2D eigenvalue weighted by atomic mass is 16.7. The summed E-state index contributed by atoms with van der Waals surface area (Å²) >= 11 is 0. The van der Waals surface area contributed by atoms with Crippen LogP contribution in [0.4, 0.5) is 0 Å². The first-order valence-electron chi connectivity index (χ1n) is 11.0. The van der Waals surface area contributed by atoms with Crippen LogP contribution in [0.1, 0.15) is 33.1 Å². The van der Waals surface area contributed by atoms with Crippen LogP contribution in [0.25, 0.3) is 0 Å². The van der Waals surface area contributed by atoms with Crippen LogP contribution < -0.4 is 0 Å². The van der Waals surface area contributed by atoms with Crippen molar-refractivity contribution in [1.29, 1.82) is 0 Å². The molecule has 12 nitrogen and oxygen atoms in total. The molecule has 32 heavy (non-hydrogen) atoms. The van der Waals surface area contributed by atoms with Crippen molar-refractivity contribution in [1.82, 2.24) is 4.90 Å². The molecule has 186 valence electrons. The molecule has 0 bridgehead atoms. The summed E-state index contributed by atoms with van der Waals surface area (Å²) < 4.78 is 16.4. The predicted octanol–water partition coefficient (Wildman–Crippen LogP) is -3.35. The normalized spacial score (nSPS) is 44.3. The average molecular weight is 465 g/mol. The van der Waals surface area contributed by atoms with Gasteiger partial charge in [0.2, 0.25) is 11.7 Å². The number of amides is 1. The predicted molar refractivity (Wildman–Crippen MR) is 106 cm³/mol. The van der Waals surface area contributed by atoms with Crippen molar-refractivity contribution in [2.75, 3.05) is 19.8 Å². The zero-order chi connectivity index (χ0) is 23.8. The zero-order valence-electron chi connectivity index (χ0n) is 18.2. The van der Waals surface area contributed by atoms with E-state index in [0.717, 1.165) is 0 Å². The Kier molecular flexibility index (Phi) is 8.14. The van der Waals surface area contributed by atoms with Crippen molar-refractivity contribution in [2.24, 2.45) is 5.92 Å². The molecule has 12 heteroatoms. The molecule has 0 aromatic heterocycles. The lowest BCUT2D eigenvalue weighted by atomic mass is 9.86. The maximum atomic E-state index is 12.4. The van der Waals surface area contributed by atoms with Gasteiger partial charge in [0.25, 0.3) is 0 Å². The molecule has 0 saturated carbocycles. The molecule has 3 aliphatic heterocycles. The fraction of sp³-hybridized carbons (Fsp3) is 0.950. The van der Waals surface area contributed by atoms with Crippen molar-refractivity contribution >= 4 is 5.91 Å². The first kappa shape index (κ1) is 25.7. The lowest BCUT2D eigenvalue weighted by Gasteiger charge is -2.51. The Morgan fingerprint density at radius 2 is 1.84 bits per heavy atom. The second-order valence-corrected chi connectivity index (χ2v) is 9.21. The van der Waals surface area contributed by atoms with Crippen LogP contribution in [-0.4, -0.2) is 127 Å². The van der Waals surface area contributed by atoms with Crippen molar-refractivity contribution < 1.29 is 54.8 Å². The number of carbonyl (C=O) groups is 1. The largest absolute Gasteiger partial charge is 0.394 e. The third-order valence-electron chi connectivity index (χ3n) is 6.40. The van der Waals surface area contributed by atoms with E-state index in [-0.39, 0.29) is 11.8 Å². The van der Waals surface area contributed by atoms with Crippen LogP contribution in [-0.2, 0) is 19.0 Å². The van der Waals surface area contributed by atoms with E-state index in [1.165, 1.54) is 4.90 Å². The van der Waals surface area contributed by atoms with Gasteiger partial charge in [-0.15, -0.1) is 0 Å². The molecular formula is C20H35NO11. The average Bonchev–Trinajstić information content (AvgIpc) is 3.17. The number of aliphatic hydroxyl groups is 7. The van der Waals surface area contributed by atoms with E-state index in [4.69, 9.17) is 14.2 Å². The number of carbonyl (C=O) groups excluding carboxylic acids is 1. The highest BCUT2D eigenvalue weighted by Gasteiger charge is 2.58. The second kappa shape index (κ2) is 10.1. The molecule has 0 spiro atoms. The molecule has 0 aromatic carbocycles. The van der Waals surface area contributed by atoms with E-state index in [9.17, 15) is 40.5 Å². The molecule has 3 saturated heterocycles. The van der Waals surface area contributed by atoms with Crippen LogP contribution >= 0.6 is 0 Å². The van der Waals surface area contributed by atoms with Crippen LogP contribution in [0.5, 0.6) is 0 Å². The molecule has 0 aliphatic carbocycles. The van der Waals surface area contributed by atoms with Crippen LogP contribution in [0.3, 0.4) is 0 Å². The smallest absolute Gasteiger partial charge is 0.223 e. The maximum Gasteiger partial charge on any atom is 0.223 e. The topological polar surface area (TPSA) is 190 Å². The molecule has 10 atom stereocenters. The SMILES string of the molecule is CC(C)CC(N1CCCC1=O)C1(O)OCC(O)C(OC2OC(CO)C(O)C(O)C2O)C1O. The molecule has 3 heterocycles. The van der Waals surface area contributed by atoms with Gasteiger partial charge in [-0.25, -0.2) is 0 Å². The van der Waals surface area contributed by atoms with Gasteiger partial charge in [0.15, 0.2) is 6.29 Å². The number of hydrogen-bond donors (Lipinski definition) is 7. The van der Waals surface area contributed by atoms with E-state index >= 15 is 0 Å². The fourth-order valence-electron chi connectivity index (χ4n) is 4.60. The number of ether oxygens (including phenoxy) is 3. The van der Waals surface area contributed by atoms with E-state index in [1.54, 1.807) is 0 Å². The summed E-state index contributed by atoms with van der Waals surface area (Å²) in [5.41, 5.74) is 0. The highest BCUT2D eigenvalue weighted by molar-refractivity contribution is 5.78. The molecule has 3 aliphatic rings. The summed E-state index contributed by atoms with van der Waals surface area (Å²) in [5, 5.41) is 72.4. The van der Waals surface area contributed by atoms with Gasteiger partial charge >= 0.3 is 0 Å². The number of likely N-dealkylation sites (tertiary alicyclic amines) is 1. The van der Waals surface area contributed by atoms with Gasteiger partial charge in [0.1, 0.15) is 42.7 Å². The Morgan fingerprint density at radius 1 is 1.16 bits per heavy atom. The lowest BCUT2D eigenvalue weighted by molar-refractivity contribution is -0.378. The van der Waals surface area contributed by atoms with E-state index in [2.05, 4.69) is 0 Å². The van der Waals surface area contributed by atoms with Gasteiger partial charge in [0.05, 0.1) is 19.3 Å². The van der Waals surface area contributed by atoms with E-state index in [1.807, 2.05) is 13.8 Å². The van der Waals surface area contributed by atoms with Crippen LogP contribution in [0.2, 0.25) is 0 Å². The van der Waals surface area contributed by atoms with Crippen molar-refractivity contribution in [3.8, 4) is 0 Å². The minimum atomic E-state index is -2.28. The quantitative estimate of drug-likeness (QED) is 0.199. The van der Waals surface area contributed by atoms with Crippen molar-refractivity contribution in [2.45, 2.75) is 94.0 Å². The monoisotopic (exact) mass is 465 g/mol. The fourth-order valence-corrected chi connectivity index (χ4v) is 4.60. The van der Waals surface area contributed by atoms with E-state index in [0.29, 0.717) is 25.8 Å². The molecule has 3 rings (SSSR count). The summed E-state index contributed by atoms with van der Waals surface area (Å²) in [7, 11) is 0. The summed E-state index contributed by atoms with van der Waals surface area (Å²) in [6.45, 7) is 3.05. The molecule has 10 unspecified atom stereocenters. The van der Waals surface area contributed by atoms with Crippen LogP contribution in [0.15, 0.2) is 0 Å². The van der Waals surface area contributed by atoms with Gasteiger partial charge in [-0.2, -0.15) is 0 Å². The standard InChI is InChI=1S/C20H35NO11/c1-9(2)6-12(21-5-3-4-13(21)24)20(29)18(28)17(10(23)8-30-20)32-19-16(27)15(26)14(25)11(7-22)31-19/h9-12,14-19,22-23,25-29H,3-8H2,1-2H3. The summed E-state index contributed by atoms with van der Waals surface area (Å²) in [4.78, 5) is 13.9. The Labute approximate surface area is 185 Å². The highest BCUT2D eigenvalue weighted by Crippen LogP contribution is 2.37. The van der Waals surface area contributed by atoms with Crippen molar-refractivity contribution in [3.05, 3.63) is 0 Å². The van der Waals surface area contributed by atoms with Gasteiger partial charge in [0, 0.05) is 13.0 Å². The molecule has 0 aromatic rings. The molecule has 1 amide bonds. The minimum absolute atomic E-state index is 0.0323. The van der Waals surface area contributed by atoms with Gasteiger partial charge < -0.3 is 54.9 Å². The first-order valence-corrected chi connectivity index (χ1v) is 11.0. The first-order chi connectivity index (χ1) is 15.0. The second-order valence-electron chi connectivity index (χ2n) is 9.21. The Balaban J connectivity index is 1.83. The number of rotatable bonds is 7. The Bertz CT molecular complexity index is 649. The third-order valence-corrected chi connectivity index (χ3v) is 6.40. The van der Waals surface area contributed by atoms with Gasteiger partial charge in [-0.05, 0) is 18.8 Å². The summed E-state index contributed by atoms with van der Waals surface area (Å²) in [6.07, 6.45) is -11.5. The Hall–Kier alpha value is -0.930. The van der Waals surface area contributed by atoms with E-state index < -0.39 is 74.1 Å². The number of hydrogen-bond acceptors (Lipinski definition) is 11. The van der Waals surface area contributed by atoms with Crippen molar-refractivity contribution in [3.63, 3.8) is 0 Å². The third kappa shape index (κ3) is 4.80. The molecule has 7 N–H and O–H groups in total. The van der Waals surface area contributed by atoms with Gasteiger partial charge in [-0.1, -0.05) is 13.8 Å². The molecular weight excluding hydrogens is 430 g/mol. The van der Waals surface area contributed by atoms with Crippen LogP contribution in [0, 0.1) is 5.92 Å². The Morgan fingerprint density at radius 3 is 2.41 bits per heavy atom. The lowest BCUT2D eigenvalue weighted by Crippen LogP contribution is -2.71. The number of nitrogens with zero attached hydrogens (tertiary/aromatic N) is 1. The minimum Gasteiger partial charge on any atom is -0.394 e. The maximum absolute atomic E-state index is 12.4. The zero-order valence-corrected chi connectivity index (χ0v) is 18.2. The summed E-state index contributed by atoms with van der Waals surface area (Å²) in [6, 6.07) is -0.916. The summed E-state index contributed by atoms with van der Waals surface area (Å²) in [5.74, 6) is -2.43. The number of aliphatic hydroxyl groups excluding tert-OH is 6. The molecule has 0 radical (unpaired) electrons. The van der Waals surface area contributed by atoms with Gasteiger partial charge in [-0.3, -0.25) is 4.79 Å². The molecule has 3 fully saturated rings.